The quantitative estimate of drug-likeness (QED) is 0.510. The molecule has 0 spiro atoms. The Morgan fingerprint density at radius 1 is 1.06 bits per heavy atom. The highest BCUT2D eigenvalue weighted by molar-refractivity contribution is 5.93. The van der Waals surface area contributed by atoms with Gasteiger partial charge in [-0.1, -0.05) is 13.8 Å². The molecule has 8 nitrogen and oxygen atoms in total. The topological polar surface area (TPSA) is 73.0 Å². The first kappa shape index (κ1) is 25.8. The summed E-state index contributed by atoms with van der Waals surface area (Å²) >= 11 is 0. The SMILES string of the molecule is CCN(CC)CCN1CCN(CCC(=O)Nc2cc3cc(OC4CCNCC4)ccc3cn2)CC1. The third-order valence-corrected chi connectivity index (χ3v) is 7.30. The van der Waals surface area contributed by atoms with Gasteiger partial charge in [0.1, 0.15) is 17.7 Å². The van der Waals surface area contributed by atoms with Gasteiger partial charge in [-0.05, 0) is 68.7 Å². The number of likely N-dealkylation sites (N-methyl/N-ethyl adjacent to an activating group) is 1. The summed E-state index contributed by atoms with van der Waals surface area (Å²) in [7, 11) is 0. The van der Waals surface area contributed by atoms with Crippen molar-refractivity contribution < 1.29 is 9.53 Å². The molecule has 2 N–H and O–H groups in total. The van der Waals surface area contributed by atoms with Gasteiger partial charge in [-0.15, -0.1) is 0 Å². The first-order valence-corrected chi connectivity index (χ1v) is 13.4. The van der Waals surface area contributed by atoms with E-state index in [4.69, 9.17) is 4.74 Å². The average molecular weight is 483 g/mol. The number of aromatic nitrogens is 1. The molecule has 0 radical (unpaired) electrons. The van der Waals surface area contributed by atoms with E-state index in [1.165, 1.54) is 0 Å². The molecular formula is C27H42N6O2. The van der Waals surface area contributed by atoms with Crippen LogP contribution in [0.2, 0.25) is 0 Å². The minimum Gasteiger partial charge on any atom is -0.490 e. The maximum absolute atomic E-state index is 12.6. The van der Waals surface area contributed by atoms with Crippen LogP contribution in [0.15, 0.2) is 30.5 Å². The van der Waals surface area contributed by atoms with Crippen LogP contribution in [0.3, 0.4) is 0 Å². The highest BCUT2D eigenvalue weighted by atomic mass is 16.5. The highest BCUT2D eigenvalue weighted by Crippen LogP contribution is 2.24. The fourth-order valence-electron chi connectivity index (χ4n) is 4.89. The lowest BCUT2D eigenvalue weighted by Gasteiger charge is -2.35. The fraction of sp³-hybridized carbons (Fsp3) is 0.630. The summed E-state index contributed by atoms with van der Waals surface area (Å²) in [5, 5.41) is 8.42. The Bertz CT molecular complexity index is 936. The summed E-state index contributed by atoms with van der Waals surface area (Å²) in [5.74, 6) is 1.50. The Kier molecular flexibility index (Phi) is 9.71. The third kappa shape index (κ3) is 7.87. The van der Waals surface area contributed by atoms with Crippen molar-refractivity contribution >= 4 is 22.5 Å². The summed E-state index contributed by atoms with van der Waals surface area (Å²) < 4.78 is 6.18. The van der Waals surface area contributed by atoms with Crippen LogP contribution in [0.5, 0.6) is 5.75 Å². The number of anilines is 1. The van der Waals surface area contributed by atoms with E-state index in [9.17, 15) is 4.79 Å². The molecule has 0 aliphatic carbocycles. The van der Waals surface area contributed by atoms with Gasteiger partial charge in [0.15, 0.2) is 0 Å². The van der Waals surface area contributed by atoms with Gasteiger partial charge in [0.05, 0.1) is 0 Å². The smallest absolute Gasteiger partial charge is 0.226 e. The number of carbonyl (C=O) groups is 1. The number of pyridine rings is 1. The van der Waals surface area contributed by atoms with Crippen molar-refractivity contribution in [3.8, 4) is 5.75 Å². The summed E-state index contributed by atoms with van der Waals surface area (Å²) in [6, 6.07) is 8.03. The van der Waals surface area contributed by atoms with Crippen LogP contribution in [0, 0.1) is 0 Å². The number of nitrogens with zero attached hydrogens (tertiary/aromatic N) is 4. The average Bonchev–Trinajstić information content (AvgIpc) is 2.89. The molecule has 0 unspecified atom stereocenters. The van der Waals surface area contributed by atoms with Crippen molar-refractivity contribution in [3.05, 3.63) is 30.5 Å². The largest absolute Gasteiger partial charge is 0.490 e. The monoisotopic (exact) mass is 482 g/mol. The third-order valence-electron chi connectivity index (χ3n) is 7.30. The highest BCUT2D eigenvalue weighted by Gasteiger charge is 2.18. The summed E-state index contributed by atoms with van der Waals surface area (Å²) in [6.07, 6.45) is 4.62. The zero-order valence-corrected chi connectivity index (χ0v) is 21.5. The molecule has 2 fully saturated rings. The number of nitrogens with one attached hydrogen (secondary N) is 2. The molecular weight excluding hydrogens is 440 g/mol. The number of rotatable bonds is 11. The number of fused-ring (bicyclic) bond motifs is 1. The van der Waals surface area contributed by atoms with E-state index < -0.39 is 0 Å². The first-order chi connectivity index (χ1) is 17.1. The van der Waals surface area contributed by atoms with Crippen molar-refractivity contribution in [3.63, 3.8) is 0 Å². The maximum atomic E-state index is 12.6. The normalized spacial score (nSPS) is 18.3. The molecule has 1 aromatic carbocycles. The lowest BCUT2D eigenvalue weighted by atomic mass is 10.1. The van der Waals surface area contributed by atoms with Gasteiger partial charge in [-0.25, -0.2) is 4.98 Å². The van der Waals surface area contributed by atoms with Crippen LogP contribution < -0.4 is 15.4 Å². The molecule has 8 heteroatoms. The van der Waals surface area contributed by atoms with Crippen LogP contribution in [0.1, 0.15) is 33.1 Å². The van der Waals surface area contributed by atoms with Crippen molar-refractivity contribution in [2.45, 2.75) is 39.2 Å². The molecule has 0 atom stereocenters. The Labute approximate surface area is 210 Å². The predicted molar refractivity (Wildman–Crippen MR) is 142 cm³/mol. The number of ether oxygens (including phenoxy) is 1. The maximum Gasteiger partial charge on any atom is 0.226 e. The molecule has 35 heavy (non-hydrogen) atoms. The van der Waals surface area contributed by atoms with Crippen LogP contribution in [0.4, 0.5) is 5.82 Å². The van der Waals surface area contributed by atoms with Crippen LogP contribution >= 0.6 is 0 Å². The van der Waals surface area contributed by atoms with Gasteiger partial charge < -0.3 is 25.2 Å². The van der Waals surface area contributed by atoms with Crippen molar-refractivity contribution in [1.82, 2.24) is 25.0 Å². The molecule has 2 aliphatic rings. The Morgan fingerprint density at radius 2 is 1.77 bits per heavy atom. The molecule has 3 heterocycles. The van der Waals surface area contributed by atoms with E-state index in [-0.39, 0.29) is 12.0 Å². The zero-order chi connectivity index (χ0) is 24.5. The number of piperidine rings is 1. The fourth-order valence-corrected chi connectivity index (χ4v) is 4.89. The van der Waals surface area contributed by atoms with Gasteiger partial charge in [0.2, 0.25) is 5.91 Å². The second-order valence-electron chi connectivity index (χ2n) is 9.65. The minimum atomic E-state index is 0.0166. The molecule has 1 aromatic heterocycles. The number of hydrogen-bond donors (Lipinski definition) is 2. The lowest BCUT2D eigenvalue weighted by Crippen LogP contribution is -2.48. The first-order valence-electron chi connectivity index (χ1n) is 13.4. The molecule has 0 saturated carbocycles. The number of piperazine rings is 1. The van der Waals surface area contributed by atoms with Gasteiger partial charge in [-0.2, -0.15) is 0 Å². The van der Waals surface area contributed by atoms with Gasteiger partial charge in [0, 0.05) is 63.8 Å². The van der Waals surface area contributed by atoms with E-state index in [0.717, 1.165) is 101 Å². The summed E-state index contributed by atoms with van der Waals surface area (Å²) in [4.78, 5) is 24.5. The molecule has 2 aliphatic heterocycles. The van der Waals surface area contributed by atoms with E-state index in [1.54, 1.807) is 0 Å². The number of hydrogen-bond acceptors (Lipinski definition) is 7. The Hall–Kier alpha value is -2.26. The van der Waals surface area contributed by atoms with Crippen molar-refractivity contribution in [2.24, 2.45) is 0 Å². The Balaban J connectivity index is 1.21. The number of amides is 1. The molecule has 192 valence electrons. The molecule has 1 amide bonds. The molecule has 2 saturated heterocycles. The summed E-state index contributed by atoms with van der Waals surface area (Å²) in [6.45, 7) is 16.0. The van der Waals surface area contributed by atoms with Gasteiger partial charge >= 0.3 is 0 Å². The van der Waals surface area contributed by atoms with Gasteiger partial charge in [-0.3, -0.25) is 9.69 Å². The standard InChI is InChI=1S/C27H42N6O2/c1-3-31(4-2)13-14-33-17-15-32(16-18-33)12-9-27(34)30-26-20-23-19-25(6-5-22(23)21-29-26)35-24-7-10-28-11-8-24/h5-6,19-21,24,28H,3-4,7-18H2,1-2H3,(H,29,30,34). The molecule has 4 rings (SSSR count). The Morgan fingerprint density at radius 3 is 2.49 bits per heavy atom. The summed E-state index contributed by atoms with van der Waals surface area (Å²) in [5.41, 5.74) is 0. The van der Waals surface area contributed by atoms with E-state index in [2.05, 4.69) is 50.2 Å². The lowest BCUT2D eigenvalue weighted by molar-refractivity contribution is -0.116. The van der Waals surface area contributed by atoms with E-state index >= 15 is 0 Å². The number of benzene rings is 1. The molecule has 0 bridgehead atoms. The zero-order valence-electron chi connectivity index (χ0n) is 21.5. The van der Waals surface area contributed by atoms with Gasteiger partial charge in [0.25, 0.3) is 0 Å². The number of carbonyl (C=O) groups excluding carboxylic acids is 1. The van der Waals surface area contributed by atoms with Crippen molar-refractivity contribution in [1.29, 1.82) is 0 Å². The van der Waals surface area contributed by atoms with E-state index in [0.29, 0.717) is 12.2 Å². The molecule has 2 aromatic rings. The predicted octanol–water partition coefficient (Wildman–Crippen LogP) is 2.65. The van der Waals surface area contributed by atoms with Crippen LogP contribution in [-0.2, 0) is 4.79 Å². The van der Waals surface area contributed by atoms with E-state index in [1.807, 2.05) is 24.4 Å². The second-order valence-corrected chi connectivity index (χ2v) is 9.65. The second kappa shape index (κ2) is 13.2. The van der Waals surface area contributed by atoms with Crippen LogP contribution in [-0.4, -0.2) is 104 Å². The van der Waals surface area contributed by atoms with Crippen molar-refractivity contribution in [2.75, 3.05) is 77.3 Å². The van der Waals surface area contributed by atoms with Crippen LogP contribution in [0.25, 0.3) is 10.8 Å². The minimum absolute atomic E-state index is 0.0166.